The Bertz CT molecular complexity index is 885. The topological polar surface area (TPSA) is 128 Å². The van der Waals surface area contributed by atoms with Crippen molar-refractivity contribution in [2.45, 2.75) is 4.90 Å². The minimum Gasteiger partial charge on any atom is -0.454 e. The van der Waals surface area contributed by atoms with Gasteiger partial charge in [-0.25, -0.2) is 0 Å². The van der Waals surface area contributed by atoms with Crippen molar-refractivity contribution in [2.75, 3.05) is 24.7 Å². The van der Waals surface area contributed by atoms with Crippen molar-refractivity contribution in [2.24, 2.45) is 0 Å². The van der Waals surface area contributed by atoms with E-state index in [2.05, 4.69) is 10.6 Å². The molecule has 2 aromatic rings. The predicted octanol–water partition coefficient (Wildman–Crippen LogP) is 2.23. The standard InChI is InChI=1S/C18H17N3O6S/c1-28-15-7-5-13(6-8-15)20-16(22)11-27-17(23)10-19-18(24)12-3-2-4-14(9-12)21(25)26/h2-9H,10-11H2,1H3,(H,19,24)(H,20,22). The molecular weight excluding hydrogens is 386 g/mol. The molecule has 2 amide bonds. The lowest BCUT2D eigenvalue weighted by molar-refractivity contribution is -0.384. The first-order valence-electron chi connectivity index (χ1n) is 8.01. The third-order valence-corrected chi connectivity index (χ3v) is 4.19. The van der Waals surface area contributed by atoms with Gasteiger partial charge in [-0.15, -0.1) is 11.8 Å². The number of non-ortho nitro benzene ring substituents is 1. The smallest absolute Gasteiger partial charge is 0.325 e. The summed E-state index contributed by atoms with van der Waals surface area (Å²) in [7, 11) is 0. The van der Waals surface area contributed by atoms with Gasteiger partial charge in [0.25, 0.3) is 17.5 Å². The van der Waals surface area contributed by atoms with Crippen molar-refractivity contribution in [3.05, 3.63) is 64.2 Å². The molecule has 0 saturated heterocycles. The average Bonchev–Trinajstić information content (AvgIpc) is 2.71. The van der Waals surface area contributed by atoms with E-state index in [-0.39, 0.29) is 11.3 Å². The number of nitrogens with one attached hydrogen (secondary N) is 2. The van der Waals surface area contributed by atoms with Crippen molar-refractivity contribution in [3.8, 4) is 0 Å². The largest absolute Gasteiger partial charge is 0.454 e. The number of nitro benzene ring substituents is 1. The third-order valence-electron chi connectivity index (χ3n) is 3.45. The van der Waals surface area contributed by atoms with E-state index in [0.29, 0.717) is 5.69 Å². The molecule has 0 aromatic heterocycles. The van der Waals surface area contributed by atoms with Crippen LogP contribution in [0.3, 0.4) is 0 Å². The second-order valence-electron chi connectivity index (χ2n) is 5.43. The summed E-state index contributed by atoms with van der Waals surface area (Å²) in [5.41, 5.74) is 0.365. The fraction of sp³-hybridized carbons (Fsp3) is 0.167. The van der Waals surface area contributed by atoms with Crippen molar-refractivity contribution < 1.29 is 24.0 Å². The Morgan fingerprint density at radius 1 is 1.14 bits per heavy atom. The Hall–Kier alpha value is -3.40. The Morgan fingerprint density at radius 3 is 2.50 bits per heavy atom. The number of esters is 1. The monoisotopic (exact) mass is 403 g/mol. The predicted molar refractivity (Wildman–Crippen MR) is 103 cm³/mol. The van der Waals surface area contributed by atoms with Crippen molar-refractivity contribution in [1.82, 2.24) is 5.32 Å². The number of carbonyl (C=O) groups is 3. The zero-order chi connectivity index (χ0) is 20.5. The zero-order valence-electron chi connectivity index (χ0n) is 14.8. The van der Waals surface area contributed by atoms with Crippen LogP contribution < -0.4 is 10.6 Å². The van der Waals surface area contributed by atoms with Gasteiger partial charge in [0.05, 0.1) is 4.92 Å². The van der Waals surface area contributed by atoms with E-state index in [1.807, 2.05) is 18.4 Å². The van der Waals surface area contributed by atoms with E-state index < -0.39 is 35.9 Å². The lowest BCUT2D eigenvalue weighted by atomic mass is 10.2. The highest BCUT2D eigenvalue weighted by atomic mass is 32.2. The highest BCUT2D eigenvalue weighted by molar-refractivity contribution is 7.98. The molecular formula is C18H17N3O6S. The molecule has 0 atom stereocenters. The number of amides is 2. The van der Waals surface area contributed by atoms with Crippen LogP contribution in [0.5, 0.6) is 0 Å². The van der Waals surface area contributed by atoms with Gasteiger partial charge in [-0.2, -0.15) is 0 Å². The first kappa shape index (κ1) is 20.9. The van der Waals surface area contributed by atoms with Crippen LogP contribution in [0.25, 0.3) is 0 Å². The summed E-state index contributed by atoms with van der Waals surface area (Å²) in [5.74, 6) is -2.00. The summed E-state index contributed by atoms with van der Waals surface area (Å²) in [6.07, 6.45) is 1.94. The first-order chi connectivity index (χ1) is 13.4. The molecule has 0 bridgehead atoms. The van der Waals surface area contributed by atoms with Gasteiger partial charge in [0.1, 0.15) is 6.54 Å². The van der Waals surface area contributed by atoms with Crippen LogP contribution in [-0.2, 0) is 14.3 Å². The SMILES string of the molecule is CSc1ccc(NC(=O)COC(=O)CNC(=O)c2cccc([N+](=O)[O-])c2)cc1. The zero-order valence-corrected chi connectivity index (χ0v) is 15.7. The summed E-state index contributed by atoms with van der Waals surface area (Å²) in [4.78, 5) is 46.5. The number of nitro groups is 1. The molecule has 0 spiro atoms. The van der Waals surface area contributed by atoms with Gasteiger partial charge in [-0.05, 0) is 36.6 Å². The highest BCUT2D eigenvalue weighted by Gasteiger charge is 2.13. The summed E-state index contributed by atoms with van der Waals surface area (Å²) in [5, 5.41) is 15.6. The van der Waals surface area contributed by atoms with E-state index in [0.717, 1.165) is 11.0 Å². The summed E-state index contributed by atoms with van der Waals surface area (Å²) in [6.45, 7) is -0.979. The van der Waals surface area contributed by atoms with E-state index in [4.69, 9.17) is 4.74 Å². The van der Waals surface area contributed by atoms with Gasteiger partial charge < -0.3 is 15.4 Å². The molecule has 2 rings (SSSR count). The number of anilines is 1. The number of benzene rings is 2. The summed E-state index contributed by atoms with van der Waals surface area (Å²) < 4.78 is 4.79. The molecule has 0 unspecified atom stereocenters. The quantitative estimate of drug-likeness (QED) is 0.299. The molecule has 0 radical (unpaired) electrons. The maximum Gasteiger partial charge on any atom is 0.325 e. The van der Waals surface area contributed by atoms with Crippen LogP contribution in [0.1, 0.15) is 10.4 Å². The minimum absolute atomic E-state index is 0.0356. The molecule has 0 heterocycles. The molecule has 0 fully saturated rings. The Kier molecular flexibility index (Phi) is 7.52. The molecule has 9 nitrogen and oxygen atoms in total. The Morgan fingerprint density at radius 2 is 1.86 bits per heavy atom. The van der Waals surface area contributed by atoms with Gasteiger partial charge in [0, 0.05) is 28.3 Å². The maximum atomic E-state index is 11.9. The molecule has 10 heteroatoms. The van der Waals surface area contributed by atoms with Gasteiger partial charge in [-0.1, -0.05) is 6.07 Å². The van der Waals surface area contributed by atoms with Gasteiger partial charge in [0.2, 0.25) is 0 Å². The number of thioether (sulfide) groups is 1. The molecule has 2 aromatic carbocycles. The number of hydrogen-bond donors (Lipinski definition) is 2. The van der Waals surface area contributed by atoms with Crippen LogP contribution in [0.2, 0.25) is 0 Å². The maximum absolute atomic E-state index is 11.9. The van der Waals surface area contributed by atoms with Gasteiger partial charge in [-0.3, -0.25) is 24.5 Å². The number of nitrogens with zero attached hydrogens (tertiary/aromatic N) is 1. The second kappa shape index (κ2) is 10.1. The number of hydrogen-bond acceptors (Lipinski definition) is 7. The van der Waals surface area contributed by atoms with E-state index in [1.54, 1.807) is 23.9 Å². The molecule has 0 saturated carbocycles. The fourth-order valence-corrected chi connectivity index (χ4v) is 2.49. The minimum atomic E-state index is -0.813. The van der Waals surface area contributed by atoms with Crippen LogP contribution in [-0.4, -0.2) is 42.1 Å². The van der Waals surface area contributed by atoms with Crippen molar-refractivity contribution in [1.29, 1.82) is 0 Å². The highest BCUT2D eigenvalue weighted by Crippen LogP contribution is 2.17. The number of ether oxygens (including phenoxy) is 1. The second-order valence-corrected chi connectivity index (χ2v) is 6.31. The van der Waals surface area contributed by atoms with Crippen LogP contribution in [0.4, 0.5) is 11.4 Å². The average molecular weight is 403 g/mol. The normalized spacial score (nSPS) is 10.0. The van der Waals surface area contributed by atoms with Crippen LogP contribution >= 0.6 is 11.8 Å². The van der Waals surface area contributed by atoms with Gasteiger partial charge in [0.15, 0.2) is 6.61 Å². The van der Waals surface area contributed by atoms with E-state index in [1.165, 1.54) is 18.2 Å². The molecule has 2 N–H and O–H groups in total. The molecule has 0 aliphatic carbocycles. The van der Waals surface area contributed by atoms with Crippen LogP contribution in [0, 0.1) is 10.1 Å². The first-order valence-corrected chi connectivity index (χ1v) is 9.23. The number of rotatable bonds is 8. The molecule has 0 aliphatic rings. The summed E-state index contributed by atoms with van der Waals surface area (Å²) >= 11 is 1.57. The van der Waals surface area contributed by atoms with Gasteiger partial charge >= 0.3 is 5.97 Å². The van der Waals surface area contributed by atoms with Crippen molar-refractivity contribution >= 4 is 40.9 Å². The number of carbonyl (C=O) groups excluding carboxylic acids is 3. The molecule has 146 valence electrons. The molecule has 28 heavy (non-hydrogen) atoms. The lowest BCUT2D eigenvalue weighted by Crippen LogP contribution is -2.32. The fourth-order valence-electron chi connectivity index (χ4n) is 2.08. The van der Waals surface area contributed by atoms with E-state index in [9.17, 15) is 24.5 Å². The lowest BCUT2D eigenvalue weighted by Gasteiger charge is -2.08. The summed E-state index contributed by atoms with van der Waals surface area (Å²) in [6, 6.07) is 12.2. The van der Waals surface area contributed by atoms with Crippen molar-refractivity contribution in [3.63, 3.8) is 0 Å². The Labute approximate surface area is 164 Å². The molecule has 0 aliphatic heterocycles. The van der Waals surface area contributed by atoms with Crippen LogP contribution in [0.15, 0.2) is 53.4 Å². The van der Waals surface area contributed by atoms with E-state index >= 15 is 0 Å². The third kappa shape index (κ3) is 6.40. The Balaban J connectivity index is 1.75.